The molecule has 138 valence electrons. The summed E-state index contributed by atoms with van der Waals surface area (Å²) in [6, 6.07) is 16.2. The van der Waals surface area contributed by atoms with Gasteiger partial charge >= 0.3 is 0 Å². The summed E-state index contributed by atoms with van der Waals surface area (Å²) < 4.78 is 11.6. The number of benzene rings is 2. The van der Waals surface area contributed by atoms with Crippen LogP contribution in [-0.4, -0.2) is 30.4 Å². The molecule has 2 bridgehead atoms. The van der Waals surface area contributed by atoms with Crippen molar-refractivity contribution in [2.75, 3.05) is 25.1 Å². The molecule has 0 amide bonds. The molecule has 3 aromatic rings. The molecule has 4 heterocycles. The second kappa shape index (κ2) is 6.65. The first-order chi connectivity index (χ1) is 13.3. The Labute approximate surface area is 158 Å². The first-order valence-electron chi connectivity index (χ1n) is 9.52. The smallest absolute Gasteiger partial charge is 0.161 e. The fourth-order valence-corrected chi connectivity index (χ4v) is 4.22. The number of methoxy groups -OCH3 is 1. The van der Waals surface area contributed by atoms with Gasteiger partial charge in [0.2, 0.25) is 0 Å². The van der Waals surface area contributed by atoms with E-state index in [4.69, 9.17) is 9.47 Å². The summed E-state index contributed by atoms with van der Waals surface area (Å²) in [5, 5.41) is 7.94. The van der Waals surface area contributed by atoms with Crippen LogP contribution in [0, 0.1) is 0 Å². The Morgan fingerprint density at radius 3 is 2.67 bits per heavy atom. The second-order valence-corrected chi connectivity index (χ2v) is 7.24. The Hall–Kier alpha value is -2.95. The third-order valence-electron chi connectivity index (χ3n) is 5.66. The summed E-state index contributed by atoms with van der Waals surface area (Å²) >= 11 is 0. The topological polar surface area (TPSA) is 50.4 Å². The van der Waals surface area contributed by atoms with E-state index in [2.05, 4.69) is 33.3 Å². The highest BCUT2D eigenvalue weighted by atomic mass is 16.5. The molecule has 1 fully saturated rings. The number of hydrogen-bond acceptors (Lipinski definition) is 4. The minimum absolute atomic E-state index is 0.518. The molecule has 0 radical (unpaired) electrons. The van der Waals surface area contributed by atoms with Crippen molar-refractivity contribution in [2.45, 2.75) is 25.4 Å². The Balaban J connectivity index is 1.44. The van der Waals surface area contributed by atoms with Gasteiger partial charge < -0.3 is 14.4 Å². The van der Waals surface area contributed by atoms with E-state index in [9.17, 15) is 0 Å². The lowest BCUT2D eigenvalue weighted by atomic mass is 9.86. The average Bonchev–Trinajstić information content (AvgIpc) is 3.21. The Bertz CT molecular complexity index is 943. The summed E-state index contributed by atoms with van der Waals surface area (Å²) in [6.45, 7) is 2.77. The lowest BCUT2D eigenvalue weighted by Crippen LogP contribution is -2.38. The minimum Gasteiger partial charge on any atom is -0.493 e. The van der Waals surface area contributed by atoms with Gasteiger partial charge in [-0.15, -0.1) is 0 Å². The number of rotatable bonds is 5. The number of aromatic amines is 1. The molecule has 3 aliphatic rings. The van der Waals surface area contributed by atoms with Gasteiger partial charge in [0.05, 0.1) is 18.5 Å². The maximum atomic E-state index is 5.98. The molecule has 0 spiro atoms. The number of H-pyrrole nitrogens is 1. The number of nitrogens with one attached hydrogen (secondary N) is 1. The van der Waals surface area contributed by atoms with E-state index in [-0.39, 0.29) is 0 Å². The molecule has 5 heteroatoms. The lowest BCUT2D eigenvalue weighted by Gasteiger charge is -2.40. The summed E-state index contributed by atoms with van der Waals surface area (Å²) in [5.41, 5.74) is 5.78. The fourth-order valence-electron chi connectivity index (χ4n) is 4.22. The summed E-state index contributed by atoms with van der Waals surface area (Å²) in [7, 11) is 1.68. The normalized spacial score (nSPS) is 15.7. The Kier molecular flexibility index (Phi) is 4.00. The first-order valence-corrected chi connectivity index (χ1v) is 9.52. The summed E-state index contributed by atoms with van der Waals surface area (Å²) in [6.07, 6.45) is 2.45. The monoisotopic (exact) mass is 361 g/mol. The number of ether oxygens (including phenoxy) is 2. The number of fused-ring (bicyclic) bond motifs is 2. The van der Waals surface area contributed by atoms with Gasteiger partial charge in [-0.1, -0.05) is 30.3 Å². The van der Waals surface area contributed by atoms with E-state index in [0.29, 0.717) is 12.5 Å². The van der Waals surface area contributed by atoms with E-state index in [1.165, 1.54) is 24.2 Å². The molecule has 0 unspecified atom stereocenters. The van der Waals surface area contributed by atoms with Crippen LogP contribution >= 0.6 is 0 Å². The van der Waals surface area contributed by atoms with Gasteiger partial charge in [0, 0.05) is 24.6 Å². The summed E-state index contributed by atoms with van der Waals surface area (Å²) in [5.74, 6) is 2.11. The maximum Gasteiger partial charge on any atom is 0.161 e. The molecule has 6 rings (SSSR count). The SMILES string of the molecule is COc1cc(-c2n[nH]c3c2N2CCC3CC2)ccc1OCc1ccccc1. The van der Waals surface area contributed by atoms with E-state index >= 15 is 0 Å². The van der Waals surface area contributed by atoms with Crippen LogP contribution in [0.5, 0.6) is 11.5 Å². The third-order valence-corrected chi connectivity index (χ3v) is 5.66. The van der Waals surface area contributed by atoms with Crippen LogP contribution in [-0.2, 0) is 6.61 Å². The van der Waals surface area contributed by atoms with Gasteiger partial charge in [-0.2, -0.15) is 5.10 Å². The lowest BCUT2D eigenvalue weighted by molar-refractivity contribution is 0.284. The van der Waals surface area contributed by atoms with Gasteiger partial charge in [0.15, 0.2) is 11.5 Å². The number of anilines is 1. The van der Waals surface area contributed by atoms with Crippen LogP contribution in [0.4, 0.5) is 5.69 Å². The van der Waals surface area contributed by atoms with Gasteiger partial charge in [-0.25, -0.2) is 0 Å². The van der Waals surface area contributed by atoms with Crippen molar-refractivity contribution in [1.82, 2.24) is 10.2 Å². The van der Waals surface area contributed by atoms with Gasteiger partial charge in [0.1, 0.15) is 12.3 Å². The molecule has 2 aromatic carbocycles. The molecule has 0 saturated carbocycles. The molecule has 27 heavy (non-hydrogen) atoms. The predicted molar refractivity (Wildman–Crippen MR) is 106 cm³/mol. The standard InChI is InChI=1S/C22H23N3O2/c1-26-19-13-17(7-8-18(19)27-14-15-5-3-2-4-6-15)21-22-20(23-24-21)16-9-11-25(22)12-10-16/h2-8,13,16H,9-12,14H2,1H3,(H,23,24). The summed E-state index contributed by atoms with van der Waals surface area (Å²) in [4.78, 5) is 2.46. The molecule has 1 aromatic heterocycles. The zero-order chi connectivity index (χ0) is 18.2. The quantitative estimate of drug-likeness (QED) is 0.733. The predicted octanol–water partition coefficient (Wildman–Crippen LogP) is 4.36. The zero-order valence-electron chi connectivity index (χ0n) is 15.4. The average molecular weight is 361 g/mol. The van der Waals surface area contributed by atoms with Crippen molar-refractivity contribution in [3.05, 3.63) is 59.8 Å². The van der Waals surface area contributed by atoms with Crippen LogP contribution in [0.2, 0.25) is 0 Å². The van der Waals surface area contributed by atoms with Crippen LogP contribution in [0.15, 0.2) is 48.5 Å². The second-order valence-electron chi connectivity index (χ2n) is 7.24. The fraction of sp³-hybridized carbons (Fsp3) is 0.318. The third kappa shape index (κ3) is 2.83. The van der Waals surface area contributed by atoms with E-state index in [1.807, 2.05) is 30.3 Å². The highest BCUT2D eigenvalue weighted by Gasteiger charge is 2.35. The van der Waals surface area contributed by atoms with Crippen LogP contribution in [0.25, 0.3) is 11.3 Å². The molecule has 1 saturated heterocycles. The molecular formula is C22H23N3O2. The van der Waals surface area contributed by atoms with E-state index < -0.39 is 0 Å². The van der Waals surface area contributed by atoms with Crippen molar-refractivity contribution in [1.29, 1.82) is 0 Å². The van der Waals surface area contributed by atoms with E-state index in [0.717, 1.165) is 41.4 Å². The van der Waals surface area contributed by atoms with Gasteiger partial charge in [-0.3, -0.25) is 5.10 Å². The van der Waals surface area contributed by atoms with Crippen LogP contribution < -0.4 is 14.4 Å². The molecule has 5 nitrogen and oxygen atoms in total. The van der Waals surface area contributed by atoms with Crippen molar-refractivity contribution in [2.24, 2.45) is 0 Å². The highest BCUT2D eigenvalue weighted by molar-refractivity contribution is 5.80. The highest BCUT2D eigenvalue weighted by Crippen LogP contribution is 2.46. The number of aromatic nitrogens is 2. The van der Waals surface area contributed by atoms with Crippen molar-refractivity contribution in [3.63, 3.8) is 0 Å². The Morgan fingerprint density at radius 1 is 1.07 bits per heavy atom. The van der Waals surface area contributed by atoms with Crippen molar-refractivity contribution in [3.8, 4) is 22.8 Å². The molecule has 3 aliphatic heterocycles. The van der Waals surface area contributed by atoms with Gasteiger partial charge in [0.25, 0.3) is 0 Å². The van der Waals surface area contributed by atoms with Crippen molar-refractivity contribution >= 4 is 5.69 Å². The number of piperidine rings is 1. The molecule has 0 aliphatic carbocycles. The van der Waals surface area contributed by atoms with Gasteiger partial charge in [-0.05, 0) is 36.6 Å². The molecule has 1 N–H and O–H groups in total. The largest absolute Gasteiger partial charge is 0.493 e. The Morgan fingerprint density at radius 2 is 1.89 bits per heavy atom. The van der Waals surface area contributed by atoms with E-state index in [1.54, 1.807) is 7.11 Å². The first kappa shape index (κ1) is 16.2. The van der Waals surface area contributed by atoms with Crippen LogP contribution in [0.1, 0.15) is 30.0 Å². The number of nitrogens with zero attached hydrogens (tertiary/aromatic N) is 2. The molecule has 0 atom stereocenters. The molecular weight excluding hydrogens is 338 g/mol. The minimum atomic E-state index is 0.518. The number of hydrogen-bond donors (Lipinski definition) is 1. The maximum absolute atomic E-state index is 5.98. The zero-order valence-corrected chi connectivity index (χ0v) is 15.4. The van der Waals surface area contributed by atoms with Crippen LogP contribution in [0.3, 0.4) is 0 Å². The van der Waals surface area contributed by atoms with Crippen molar-refractivity contribution < 1.29 is 9.47 Å².